The number of hydrogen-bond acceptors (Lipinski definition) is 6. The molecular weight excluding hydrogens is 378 g/mol. The molecule has 0 bridgehead atoms. The van der Waals surface area contributed by atoms with E-state index in [0.717, 1.165) is 17.7 Å². The van der Waals surface area contributed by atoms with E-state index >= 15 is 0 Å². The predicted octanol–water partition coefficient (Wildman–Crippen LogP) is 2.42. The van der Waals surface area contributed by atoms with Crippen molar-refractivity contribution in [1.82, 2.24) is 5.32 Å². The summed E-state index contributed by atoms with van der Waals surface area (Å²) in [5.41, 5.74) is 1.21. The molecule has 2 aromatic carbocycles. The molecule has 0 aliphatic carbocycles. The fraction of sp³-hybridized carbons (Fsp3) is 0.300. The lowest BCUT2D eigenvalue weighted by molar-refractivity contribution is -0.385. The first-order valence-electron chi connectivity index (χ1n) is 9.28. The number of anilines is 1. The van der Waals surface area contributed by atoms with E-state index in [0.29, 0.717) is 31.9 Å². The summed E-state index contributed by atoms with van der Waals surface area (Å²) in [6.07, 6.45) is 1.41. The number of ether oxygens (including phenoxy) is 2. The van der Waals surface area contributed by atoms with Crippen LogP contribution < -0.4 is 19.7 Å². The third-order valence-corrected chi connectivity index (χ3v) is 4.88. The summed E-state index contributed by atoms with van der Waals surface area (Å²) in [7, 11) is 0. The van der Waals surface area contributed by atoms with Crippen LogP contribution in [0.15, 0.2) is 36.4 Å². The zero-order chi connectivity index (χ0) is 20.4. The molecule has 0 saturated carbocycles. The SMILES string of the molecule is O=C(NCc1ccc(N2CCCC2=O)cc1)c1cc2c(cc1[N+](=O)[O-])OCCO2. The molecule has 1 saturated heterocycles. The van der Waals surface area contributed by atoms with Gasteiger partial charge < -0.3 is 19.7 Å². The Bertz CT molecular complexity index is 973. The Morgan fingerprint density at radius 3 is 2.45 bits per heavy atom. The van der Waals surface area contributed by atoms with Crippen molar-refractivity contribution in [3.63, 3.8) is 0 Å². The lowest BCUT2D eigenvalue weighted by Gasteiger charge is -2.19. The smallest absolute Gasteiger partial charge is 0.286 e. The molecule has 150 valence electrons. The van der Waals surface area contributed by atoms with Crippen molar-refractivity contribution < 1.29 is 24.0 Å². The lowest BCUT2D eigenvalue weighted by Crippen LogP contribution is -2.25. The van der Waals surface area contributed by atoms with Crippen molar-refractivity contribution in [2.75, 3.05) is 24.7 Å². The summed E-state index contributed by atoms with van der Waals surface area (Å²) >= 11 is 0. The first-order valence-corrected chi connectivity index (χ1v) is 9.28. The maximum Gasteiger partial charge on any atom is 0.286 e. The number of nitro groups is 1. The van der Waals surface area contributed by atoms with Crippen molar-refractivity contribution in [2.24, 2.45) is 0 Å². The average Bonchev–Trinajstić information content (AvgIpc) is 3.17. The molecule has 0 spiro atoms. The van der Waals surface area contributed by atoms with Crippen LogP contribution in [0.4, 0.5) is 11.4 Å². The van der Waals surface area contributed by atoms with E-state index in [1.807, 2.05) is 24.3 Å². The van der Waals surface area contributed by atoms with E-state index in [1.165, 1.54) is 12.1 Å². The van der Waals surface area contributed by atoms with Crippen LogP contribution in [0.25, 0.3) is 0 Å². The zero-order valence-electron chi connectivity index (χ0n) is 15.6. The van der Waals surface area contributed by atoms with E-state index in [9.17, 15) is 19.7 Å². The van der Waals surface area contributed by atoms with Gasteiger partial charge in [0, 0.05) is 31.3 Å². The summed E-state index contributed by atoms with van der Waals surface area (Å²) in [5.74, 6) is 0.0997. The number of fused-ring (bicyclic) bond motifs is 1. The minimum Gasteiger partial charge on any atom is -0.486 e. The van der Waals surface area contributed by atoms with E-state index in [1.54, 1.807) is 4.90 Å². The second-order valence-electron chi connectivity index (χ2n) is 6.77. The number of carbonyl (C=O) groups excluding carboxylic acids is 2. The molecule has 29 heavy (non-hydrogen) atoms. The molecule has 2 aliphatic rings. The van der Waals surface area contributed by atoms with Gasteiger partial charge >= 0.3 is 0 Å². The summed E-state index contributed by atoms with van der Waals surface area (Å²) in [6.45, 7) is 1.52. The molecule has 9 heteroatoms. The largest absolute Gasteiger partial charge is 0.486 e. The minimum absolute atomic E-state index is 0.0847. The Morgan fingerprint density at radius 1 is 1.14 bits per heavy atom. The number of nitrogens with zero attached hydrogens (tertiary/aromatic N) is 2. The molecule has 2 aliphatic heterocycles. The number of hydrogen-bond donors (Lipinski definition) is 1. The van der Waals surface area contributed by atoms with Gasteiger partial charge in [0.15, 0.2) is 11.5 Å². The summed E-state index contributed by atoms with van der Waals surface area (Å²) in [6, 6.07) is 9.85. The normalized spacial score (nSPS) is 15.3. The average molecular weight is 397 g/mol. The first-order chi connectivity index (χ1) is 14.0. The van der Waals surface area contributed by atoms with E-state index in [4.69, 9.17) is 9.47 Å². The predicted molar refractivity (Wildman–Crippen MR) is 103 cm³/mol. The molecule has 2 heterocycles. The fourth-order valence-corrected chi connectivity index (χ4v) is 3.40. The van der Waals surface area contributed by atoms with Gasteiger partial charge in [0.05, 0.1) is 11.0 Å². The highest BCUT2D eigenvalue weighted by Gasteiger charge is 2.26. The van der Waals surface area contributed by atoms with Gasteiger partial charge in [-0.15, -0.1) is 0 Å². The highest BCUT2D eigenvalue weighted by molar-refractivity contribution is 5.99. The maximum atomic E-state index is 12.6. The van der Waals surface area contributed by atoms with Crippen LogP contribution in [0.1, 0.15) is 28.8 Å². The monoisotopic (exact) mass is 397 g/mol. The molecule has 2 aromatic rings. The molecule has 0 unspecified atom stereocenters. The van der Waals surface area contributed by atoms with Crippen LogP contribution in [0.3, 0.4) is 0 Å². The van der Waals surface area contributed by atoms with Crippen LogP contribution >= 0.6 is 0 Å². The van der Waals surface area contributed by atoms with Crippen LogP contribution in [-0.4, -0.2) is 36.5 Å². The van der Waals surface area contributed by atoms with Crippen molar-refractivity contribution in [3.8, 4) is 11.5 Å². The van der Waals surface area contributed by atoms with Crippen LogP contribution in [0.5, 0.6) is 11.5 Å². The van der Waals surface area contributed by atoms with Gasteiger partial charge in [-0.3, -0.25) is 19.7 Å². The second-order valence-corrected chi connectivity index (χ2v) is 6.77. The zero-order valence-corrected chi connectivity index (χ0v) is 15.6. The van der Waals surface area contributed by atoms with Crippen LogP contribution in [0.2, 0.25) is 0 Å². The minimum atomic E-state index is -0.616. The topological polar surface area (TPSA) is 111 Å². The molecule has 0 aromatic heterocycles. The molecular formula is C20H19N3O6. The highest BCUT2D eigenvalue weighted by atomic mass is 16.6. The van der Waals surface area contributed by atoms with Crippen LogP contribution in [-0.2, 0) is 11.3 Å². The van der Waals surface area contributed by atoms with Gasteiger partial charge in [-0.05, 0) is 24.1 Å². The summed E-state index contributed by atoms with van der Waals surface area (Å²) in [5, 5.41) is 14.1. The van der Waals surface area contributed by atoms with Crippen molar-refractivity contribution in [2.45, 2.75) is 19.4 Å². The van der Waals surface area contributed by atoms with E-state index in [-0.39, 0.29) is 29.5 Å². The summed E-state index contributed by atoms with van der Waals surface area (Å²) in [4.78, 5) is 36.9. The third kappa shape index (κ3) is 3.84. The Balaban J connectivity index is 1.47. The number of benzene rings is 2. The van der Waals surface area contributed by atoms with Gasteiger partial charge in [0.25, 0.3) is 11.6 Å². The molecule has 9 nitrogen and oxygen atoms in total. The standard InChI is InChI=1S/C20H19N3O6/c24-19-2-1-7-22(19)14-5-3-13(4-6-14)12-21-20(25)15-10-17-18(29-9-8-28-17)11-16(15)23(26)27/h3-6,10-11H,1-2,7-9,12H2,(H,21,25). The Hall–Kier alpha value is -3.62. The van der Waals surface area contributed by atoms with Crippen molar-refractivity contribution >= 4 is 23.2 Å². The molecule has 1 N–H and O–H groups in total. The number of nitrogens with one attached hydrogen (secondary N) is 1. The second kappa shape index (κ2) is 7.78. The van der Waals surface area contributed by atoms with E-state index in [2.05, 4.69) is 5.32 Å². The number of rotatable bonds is 5. The third-order valence-electron chi connectivity index (χ3n) is 4.88. The molecule has 2 amide bonds. The van der Waals surface area contributed by atoms with Crippen LogP contribution in [0, 0.1) is 10.1 Å². The Labute approximate surface area is 166 Å². The Kier molecular flexibility index (Phi) is 5.03. The molecule has 1 fully saturated rings. The summed E-state index contributed by atoms with van der Waals surface area (Å²) < 4.78 is 10.8. The molecule has 0 radical (unpaired) electrons. The molecule has 4 rings (SSSR count). The fourth-order valence-electron chi connectivity index (χ4n) is 3.40. The number of amides is 2. The van der Waals surface area contributed by atoms with Gasteiger partial charge in [-0.25, -0.2) is 0 Å². The molecule has 0 atom stereocenters. The highest BCUT2D eigenvalue weighted by Crippen LogP contribution is 2.36. The number of nitro benzene ring substituents is 1. The maximum absolute atomic E-state index is 12.6. The first kappa shape index (κ1) is 18.7. The van der Waals surface area contributed by atoms with Crippen molar-refractivity contribution in [1.29, 1.82) is 0 Å². The lowest BCUT2D eigenvalue weighted by atomic mass is 10.1. The number of carbonyl (C=O) groups is 2. The van der Waals surface area contributed by atoms with E-state index < -0.39 is 10.8 Å². The Morgan fingerprint density at radius 2 is 1.83 bits per heavy atom. The quantitative estimate of drug-likeness (QED) is 0.613. The van der Waals surface area contributed by atoms with Gasteiger partial charge in [0.2, 0.25) is 5.91 Å². The van der Waals surface area contributed by atoms with Gasteiger partial charge in [-0.1, -0.05) is 12.1 Å². The van der Waals surface area contributed by atoms with Crippen molar-refractivity contribution in [3.05, 3.63) is 57.6 Å². The van der Waals surface area contributed by atoms with Gasteiger partial charge in [0.1, 0.15) is 18.8 Å². The van der Waals surface area contributed by atoms with Gasteiger partial charge in [-0.2, -0.15) is 0 Å².